The highest BCUT2D eigenvalue weighted by molar-refractivity contribution is 9.10. The molecule has 0 saturated heterocycles. The highest BCUT2D eigenvalue weighted by atomic mass is 79.9. The fraction of sp³-hybridized carbons (Fsp3) is 0.208. The van der Waals surface area contributed by atoms with Crippen molar-refractivity contribution in [3.8, 4) is 17.2 Å². The van der Waals surface area contributed by atoms with Crippen LogP contribution in [0.2, 0.25) is 0 Å². The van der Waals surface area contributed by atoms with Crippen molar-refractivity contribution >= 4 is 21.6 Å². The van der Waals surface area contributed by atoms with Crippen molar-refractivity contribution in [1.29, 1.82) is 0 Å². The van der Waals surface area contributed by atoms with Crippen LogP contribution in [0.5, 0.6) is 17.2 Å². The van der Waals surface area contributed by atoms with Gasteiger partial charge in [-0.25, -0.2) is 5.01 Å². The summed E-state index contributed by atoms with van der Waals surface area (Å²) in [7, 11) is 3.34. The summed E-state index contributed by atoms with van der Waals surface area (Å²) in [5.41, 5.74) is 4.31. The summed E-state index contributed by atoms with van der Waals surface area (Å²) in [4.78, 5) is 0. The number of nitrogens with zero attached hydrogens (tertiary/aromatic N) is 2. The third-order valence-corrected chi connectivity index (χ3v) is 6.07. The normalized spacial score (nSPS) is 19.4. The van der Waals surface area contributed by atoms with Gasteiger partial charge in [0.15, 0.2) is 0 Å². The molecular formula is C24H21BrN2O3. The van der Waals surface area contributed by atoms with E-state index in [1.54, 1.807) is 14.2 Å². The fourth-order valence-corrected chi connectivity index (χ4v) is 4.38. The highest BCUT2D eigenvalue weighted by Gasteiger charge is 2.41. The minimum Gasteiger partial charge on any atom is -0.497 e. The van der Waals surface area contributed by atoms with Crippen LogP contribution in [0.15, 0.2) is 76.3 Å². The molecule has 0 fully saturated rings. The maximum atomic E-state index is 6.42. The minimum absolute atomic E-state index is 0.107. The van der Waals surface area contributed by atoms with Gasteiger partial charge < -0.3 is 14.2 Å². The van der Waals surface area contributed by atoms with E-state index in [1.165, 1.54) is 0 Å². The Morgan fingerprint density at radius 1 is 0.933 bits per heavy atom. The second-order valence-electron chi connectivity index (χ2n) is 7.30. The first-order valence-corrected chi connectivity index (χ1v) is 10.6. The Hall–Kier alpha value is -2.99. The van der Waals surface area contributed by atoms with Crippen LogP contribution in [0.25, 0.3) is 0 Å². The van der Waals surface area contributed by atoms with Crippen LogP contribution in [0.1, 0.15) is 35.4 Å². The van der Waals surface area contributed by atoms with Gasteiger partial charge in [0.05, 0.1) is 26.0 Å². The van der Waals surface area contributed by atoms with Crippen LogP contribution in [-0.2, 0) is 0 Å². The molecular weight excluding hydrogens is 444 g/mol. The molecule has 0 N–H and O–H groups in total. The molecule has 0 aliphatic carbocycles. The maximum Gasteiger partial charge on any atom is 0.213 e. The van der Waals surface area contributed by atoms with Crippen LogP contribution in [0.3, 0.4) is 0 Å². The molecule has 30 heavy (non-hydrogen) atoms. The standard InChI is InChI=1S/C24H21BrN2O3/c1-28-18-8-3-15(4-9-18)21-14-22-20-13-17(25)7-12-23(20)30-24(27(22)26-21)16-5-10-19(29-2)11-6-16/h3-13,22,24H,14H2,1-2H3/t22-,24+/m0/s1. The number of rotatable bonds is 4. The summed E-state index contributed by atoms with van der Waals surface area (Å²) in [6.45, 7) is 0. The lowest BCUT2D eigenvalue weighted by molar-refractivity contribution is -0.0191. The van der Waals surface area contributed by atoms with Gasteiger partial charge in [-0.15, -0.1) is 0 Å². The van der Waals surface area contributed by atoms with Crippen molar-refractivity contribution in [3.63, 3.8) is 0 Å². The molecule has 0 radical (unpaired) electrons. The molecule has 0 unspecified atom stereocenters. The zero-order chi connectivity index (χ0) is 20.7. The summed E-state index contributed by atoms with van der Waals surface area (Å²) < 4.78 is 18.1. The van der Waals surface area contributed by atoms with Crippen LogP contribution in [0.4, 0.5) is 0 Å². The van der Waals surface area contributed by atoms with Crippen LogP contribution < -0.4 is 14.2 Å². The lowest BCUT2D eigenvalue weighted by Gasteiger charge is -2.38. The van der Waals surface area contributed by atoms with Gasteiger partial charge in [0, 0.05) is 22.0 Å². The Morgan fingerprint density at radius 3 is 2.27 bits per heavy atom. The monoisotopic (exact) mass is 464 g/mol. The van der Waals surface area contributed by atoms with Gasteiger partial charge in [0.1, 0.15) is 17.2 Å². The predicted octanol–water partition coefficient (Wildman–Crippen LogP) is 5.71. The summed E-state index contributed by atoms with van der Waals surface area (Å²) in [5.74, 6) is 2.55. The first-order chi connectivity index (χ1) is 14.7. The van der Waals surface area contributed by atoms with Gasteiger partial charge in [-0.3, -0.25) is 0 Å². The molecule has 5 nitrogen and oxygen atoms in total. The van der Waals surface area contributed by atoms with Crippen molar-refractivity contribution < 1.29 is 14.2 Å². The Balaban J connectivity index is 1.56. The minimum atomic E-state index is -0.301. The largest absolute Gasteiger partial charge is 0.497 e. The number of fused-ring (bicyclic) bond motifs is 3. The number of hydrogen-bond acceptors (Lipinski definition) is 5. The molecule has 0 amide bonds. The van der Waals surface area contributed by atoms with Crippen molar-refractivity contribution in [2.24, 2.45) is 5.10 Å². The lowest BCUT2D eigenvalue weighted by atomic mass is 9.96. The second-order valence-corrected chi connectivity index (χ2v) is 8.22. The van der Waals surface area contributed by atoms with E-state index >= 15 is 0 Å². The van der Waals surface area contributed by atoms with Crippen molar-refractivity contribution in [2.45, 2.75) is 18.7 Å². The number of hydrogen-bond donors (Lipinski definition) is 0. The lowest BCUT2D eigenvalue weighted by Crippen LogP contribution is -2.33. The zero-order valence-corrected chi connectivity index (χ0v) is 18.3. The van der Waals surface area contributed by atoms with Gasteiger partial charge >= 0.3 is 0 Å². The van der Waals surface area contributed by atoms with Crippen LogP contribution in [-0.4, -0.2) is 24.9 Å². The number of hydrazone groups is 1. The average Bonchev–Trinajstić information content (AvgIpc) is 3.24. The maximum absolute atomic E-state index is 6.42. The van der Waals surface area contributed by atoms with E-state index in [9.17, 15) is 0 Å². The molecule has 0 bridgehead atoms. The van der Waals surface area contributed by atoms with E-state index in [-0.39, 0.29) is 12.3 Å². The Kier molecular flexibility index (Phi) is 4.87. The van der Waals surface area contributed by atoms with Crippen LogP contribution in [0, 0.1) is 0 Å². The first-order valence-electron chi connectivity index (χ1n) is 9.76. The number of halogens is 1. The Labute approximate surface area is 184 Å². The number of benzene rings is 3. The molecule has 2 heterocycles. The molecule has 2 atom stereocenters. The summed E-state index contributed by atoms with van der Waals surface area (Å²) in [6.07, 6.45) is 0.511. The van der Waals surface area contributed by atoms with Crippen molar-refractivity contribution in [1.82, 2.24) is 5.01 Å². The molecule has 6 heteroatoms. The Bertz CT molecular complexity index is 1100. The van der Waals surface area contributed by atoms with Crippen LogP contribution >= 0.6 is 15.9 Å². The third kappa shape index (κ3) is 3.31. The summed E-state index contributed by atoms with van der Waals surface area (Å²) >= 11 is 3.60. The zero-order valence-electron chi connectivity index (χ0n) is 16.7. The molecule has 5 rings (SSSR count). The highest BCUT2D eigenvalue weighted by Crippen LogP contribution is 2.48. The van der Waals surface area contributed by atoms with E-state index in [0.717, 1.165) is 50.5 Å². The van der Waals surface area contributed by atoms with E-state index in [0.29, 0.717) is 0 Å². The number of methoxy groups -OCH3 is 2. The second kappa shape index (κ2) is 7.69. The van der Waals surface area contributed by atoms with E-state index in [1.807, 2.05) is 48.5 Å². The molecule has 3 aromatic rings. The van der Waals surface area contributed by atoms with E-state index in [2.05, 4.69) is 39.1 Å². The topological polar surface area (TPSA) is 43.3 Å². The molecule has 2 aliphatic rings. The summed E-state index contributed by atoms with van der Waals surface area (Å²) in [5, 5.41) is 7.08. The van der Waals surface area contributed by atoms with Crippen molar-refractivity contribution in [2.75, 3.05) is 14.2 Å². The average molecular weight is 465 g/mol. The van der Waals surface area contributed by atoms with Gasteiger partial charge in [-0.1, -0.05) is 15.9 Å². The fourth-order valence-electron chi connectivity index (χ4n) is 4.00. The Morgan fingerprint density at radius 2 is 1.60 bits per heavy atom. The summed E-state index contributed by atoms with van der Waals surface area (Å²) in [6, 6.07) is 22.3. The SMILES string of the molecule is COc1ccc(C2=NN3[C@@H](c4ccc(OC)cc4)Oc4ccc(Br)cc4[C@@H]3C2)cc1. The quantitative estimate of drug-likeness (QED) is 0.495. The molecule has 0 aromatic heterocycles. The van der Waals surface area contributed by atoms with Gasteiger partial charge in [0.25, 0.3) is 0 Å². The molecule has 0 saturated carbocycles. The predicted molar refractivity (Wildman–Crippen MR) is 119 cm³/mol. The van der Waals surface area contributed by atoms with E-state index < -0.39 is 0 Å². The third-order valence-electron chi connectivity index (χ3n) is 5.58. The number of ether oxygens (including phenoxy) is 3. The smallest absolute Gasteiger partial charge is 0.213 e. The molecule has 3 aromatic carbocycles. The van der Waals surface area contributed by atoms with Crippen molar-refractivity contribution in [3.05, 3.63) is 87.9 Å². The van der Waals surface area contributed by atoms with Gasteiger partial charge in [-0.05, 0) is 72.3 Å². The molecule has 0 spiro atoms. The molecule has 2 aliphatic heterocycles. The van der Waals surface area contributed by atoms with Gasteiger partial charge in [-0.2, -0.15) is 5.10 Å². The van der Waals surface area contributed by atoms with Gasteiger partial charge in [0.2, 0.25) is 6.23 Å². The van der Waals surface area contributed by atoms with E-state index in [4.69, 9.17) is 19.3 Å². The molecule has 152 valence electrons. The first kappa shape index (κ1) is 19.0.